The molecule has 9 atom stereocenters. The molecule has 0 aliphatic heterocycles. The van der Waals surface area contributed by atoms with Crippen molar-refractivity contribution in [1.29, 1.82) is 0 Å². The molecular weight excluding hydrogens is 436 g/mol. The number of fused-ring (bicyclic) bond motifs is 5. The Morgan fingerprint density at radius 1 is 1.06 bits per heavy atom. The molecule has 0 aromatic rings. The van der Waals surface area contributed by atoms with Gasteiger partial charge < -0.3 is 5.11 Å². The van der Waals surface area contributed by atoms with E-state index in [1.807, 2.05) is 0 Å². The highest BCUT2D eigenvalue weighted by molar-refractivity contribution is 7.80. The topological polar surface area (TPSA) is 83.8 Å². The van der Waals surface area contributed by atoms with Gasteiger partial charge in [-0.2, -0.15) is 8.42 Å². The molecule has 0 heterocycles. The van der Waals surface area contributed by atoms with E-state index in [0.29, 0.717) is 36.0 Å². The van der Waals surface area contributed by atoms with Gasteiger partial charge in [0.2, 0.25) is 0 Å². The maximum absolute atomic E-state index is 11.2. The van der Waals surface area contributed by atoms with Gasteiger partial charge in [0, 0.05) is 0 Å². The van der Waals surface area contributed by atoms with Crippen LogP contribution in [0.15, 0.2) is 11.6 Å². The fourth-order valence-electron chi connectivity index (χ4n) is 8.83. The van der Waals surface area contributed by atoms with Crippen molar-refractivity contribution in [2.45, 2.75) is 111 Å². The molecule has 3 saturated carbocycles. The lowest BCUT2D eigenvalue weighted by Gasteiger charge is -2.58. The minimum absolute atomic E-state index is 0.133. The van der Waals surface area contributed by atoms with Crippen molar-refractivity contribution in [2.24, 2.45) is 46.3 Å². The van der Waals surface area contributed by atoms with Gasteiger partial charge in [-0.3, -0.25) is 4.55 Å². The summed E-state index contributed by atoms with van der Waals surface area (Å²) in [6.45, 7) is 11.6. The fourth-order valence-corrected chi connectivity index (χ4v) is 9.33. The van der Waals surface area contributed by atoms with Gasteiger partial charge in [-0.15, -0.1) is 0 Å². The molecule has 33 heavy (non-hydrogen) atoms. The lowest BCUT2D eigenvalue weighted by atomic mass is 9.47. The number of aliphatic hydroxyl groups is 1. The predicted octanol–water partition coefficient (Wildman–Crippen LogP) is 6.19. The molecule has 190 valence electrons. The smallest absolute Gasteiger partial charge is 0.393 e. The fraction of sp³-hybridized carbons (Fsp3) is 0.926. The van der Waals surface area contributed by atoms with Crippen LogP contribution in [-0.2, 0) is 14.6 Å². The van der Waals surface area contributed by atoms with Crippen LogP contribution in [0.5, 0.6) is 0 Å². The molecule has 6 heteroatoms. The first-order valence-corrected chi connectivity index (χ1v) is 14.7. The van der Waals surface area contributed by atoms with Crippen LogP contribution in [0.25, 0.3) is 0 Å². The van der Waals surface area contributed by atoms with Gasteiger partial charge in [-0.25, -0.2) is 4.18 Å². The second-order valence-corrected chi connectivity index (χ2v) is 13.8. The van der Waals surface area contributed by atoms with Crippen LogP contribution in [0.4, 0.5) is 0 Å². The van der Waals surface area contributed by atoms with Gasteiger partial charge in [0.1, 0.15) is 0 Å². The van der Waals surface area contributed by atoms with Crippen LogP contribution in [0.2, 0.25) is 0 Å². The maximum Gasteiger partial charge on any atom is 0.397 e. The minimum Gasteiger partial charge on any atom is -0.393 e. The summed E-state index contributed by atoms with van der Waals surface area (Å²) in [5.41, 5.74) is 1.89. The lowest BCUT2D eigenvalue weighted by molar-refractivity contribution is -0.0567. The predicted molar refractivity (Wildman–Crippen MR) is 131 cm³/mol. The average Bonchev–Trinajstić information content (AvgIpc) is 3.08. The highest BCUT2D eigenvalue weighted by atomic mass is 32.3. The Morgan fingerprint density at radius 2 is 1.79 bits per heavy atom. The molecule has 0 aromatic heterocycles. The third-order valence-electron chi connectivity index (χ3n) is 10.8. The summed E-state index contributed by atoms with van der Waals surface area (Å²) < 4.78 is 36.5. The van der Waals surface area contributed by atoms with Gasteiger partial charge in [-0.05, 0) is 111 Å². The second-order valence-electron chi connectivity index (χ2n) is 12.7. The van der Waals surface area contributed by atoms with E-state index in [1.54, 1.807) is 0 Å². The molecule has 5 nitrogen and oxygen atoms in total. The van der Waals surface area contributed by atoms with E-state index in [0.717, 1.165) is 43.4 Å². The summed E-state index contributed by atoms with van der Waals surface area (Å²) in [5, 5.41) is 10.3. The summed E-state index contributed by atoms with van der Waals surface area (Å²) in [5.74, 6) is 3.89. The Labute approximate surface area is 201 Å². The quantitative estimate of drug-likeness (QED) is 0.334. The van der Waals surface area contributed by atoms with Crippen molar-refractivity contribution in [1.82, 2.24) is 0 Å². The van der Waals surface area contributed by atoms with Crippen molar-refractivity contribution in [3.63, 3.8) is 0 Å². The zero-order valence-electron chi connectivity index (χ0n) is 21.3. The molecule has 4 rings (SSSR count). The normalized spacial score (nSPS) is 42.8. The Hall–Kier alpha value is -0.430. The monoisotopic (exact) mass is 482 g/mol. The molecule has 0 aromatic carbocycles. The van der Waals surface area contributed by atoms with E-state index in [2.05, 4.69) is 40.7 Å². The molecule has 2 N–H and O–H groups in total. The largest absolute Gasteiger partial charge is 0.397 e. The summed E-state index contributed by atoms with van der Waals surface area (Å²) >= 11 is 0. The Balaban J connectivity index is 1.47. The van der Waals surface area contributed by atoms with Crippen LogP contribution in [-0.4, -0.2) is 30.3 Å². The highest BCUT2D eigenvalue weighted by Crippen LogP contribution is 2.67. The average molecular weight is 483 g/mol. The molecule has 4 aliphatic carbocycles. The van der Waals surface area contributed by atoms with E-state index >= 15 is 0 Å². The van der Waals surface area contributed by atoms with E-state index in [9.17, 15) is 13.5 Å². The SMILES string of the molecule is CC(C)C(O)CC[C@@H](C)C1CCC2[C@@H]3CC=C4C[C@@H](OS(=O)(=O)O)CC[C@]4(C)C3CCC21C. The summed E-state index contributed by atoms with van der Waals surface area (Å²) in [7, 11) is -4.40. The number of hydrogen-bond acceptors (Lipinski definition) is 4. The van der Waals surface area contributed by atoms with Crippen molar-refractivity contribution >= 4 is 10.4 Å². The van der Waals surface area contributed by atoms with Crippen LogP contribution < -0.4 is 0 Å². The number of hydrogen-bond donors (Lipinski definition) is 2. The van der Waals surface area contributed by atoms with Crippen LogP contribution in [0, 0.1) is 46.3 Å². The molecule has 3 fully saturated rings. The van der Waals surface area contributed by atoms with Crippen molar-refractivity contribution in [2.75, 3.05) is 0 Å². The van der Waals surface area contributed by atoms with E-state index in [1.165, 1.54) is 31.3 Å². The Kier molecular flexibility index (Phi) is 7.17. The van der Waals surface area contributed by atoms with Crippen molar-refractivity contribution in [3.05, 3.63) is 11.6 Å². The van der Waals surface area contributed by atoms with Gasteiger partial charge in [-0.1, -0.05) is 46.3 Å². The Bertz CT molecular complexity index is 851. The first-order chi connectivity index (χ1) is 15.3. The highest BCUT2D eigenvalue weighted by Gasteiger charge is 2.59. The van der Waals surface area contributed by atoms with Gasteiger partial charge in [0.25, 0.3) is 0 Å². The second kappa shape index (κ2) is 9.22. The van der Waals surface area contributed by atoms with Crippen LogP contribution >= 0.6 is 0 Å². The van der Waals surface area contributed by atoms with Crippen molar-refractivity contribution in [3.8, 4) is 0 Å². The van der Waals surface area contributed by atoms with E-state index in [4.69, 9.17) is 8.74 Å². The molecule has 0 spiro atoms. The molecule has 4 aliphatic rings. The minimum atomic E-state index is -4.40. The summed E-state index contributed by atoms with van der Waals surface area (Å²) in [6.07, 6.45) is 12.4. The number of rotatable bonds is 7. The summed E-state index contributed by atoms with van der Waals surface area (Å²) in [4.78, 5) is 0. The van der Waals surface area contributed by atoms with E-state index < -0.39 is 16.5 Å². The van der Waals surface area contributed by atoms with E-state index in [-0.39, 0.29) is 11.5 Å². The molecule has 5 unspecified atom stereocenters. The zero-order chi connectivity index (χ0) is 24.2. The van der Waals surface area contributed by atoms with Gasteiger partial charge in [0.05, 0.1) is 12.2 Å². The molecule has 0 bridgehead atoms. The van der Waals surface area contributed by atoms with Gasteiger partial charge in [0.15, 0.2) is 0 Å². The first kappa shape index (κ1) is 25.7. The third kappa shape index (κ3) is 4.83. The number of allylic oxidation sites excluding steroid dienone is 1. The Morgan fingerprint density at radius 3 is 2.45 bits per heavy atom. The van der Waals surface area contributed by atoms with Crippen LogP contribution in [0.1, 0.15) is 98.8 Å². The number of aliphatic hydroxyl groups excluding tert-OH is 1. The zero-order valence-corrected chi connectivity index (χ0v) is 22.1. The maximum atomic E-state index is 11.2. The molecule has 0 radical (unpaired) electrons. The molecule has 0 saturated heterocycles. The molecule has 0 amide bonds. The standard InChI is InChI=1S/C27H46O5S/c1-17(2)25(28)11-6-18(3)22-9-10-23-21-8-7-19-16-20(32-33(29,30)31)12-14-26(19,4)24(21)13-15-27(22,23)5/h7,17-18,20-25,28H,6,8-16H2,1-5H3,(H,29,30,31)/t18-,20+,21+,22?,23?,24?,25?,26+,27?/m1/s1. The third-order valence-corrected chi connectivity index (χ3v) is 11.3. The lowest BCUT2D eigenvalue weighted by Crippen LogP contribution is -2.51. The first-order valence-electron chi connectivity index (χ1n) is 13.4. The molecular formula is C27H46O5S. The van der Waals surface area contributed by atoms with Crippen molar-refractivity contribution < 1.29 is 22.3 Å². The van der Waals surface area contributed by atoms with Crippen LogP contribution in [0.3, 0.4) is 0 Å². The van der Waals surface area contributed by atoms with Gasteiger partial charge >= 0.3 is 10.4 Å². The summed E-state index contributed by atoms with van der Waals surface area (Å²) in [6, 6.07) is 0.